The Hall–Kier alpha value is -2.08. The van der Waals surface area contributed by atoms with E-state index in [1.54, 1.807) is 4.90 Å². The van der Waals surface area contributed by atoms with Crippen molar-refractivity contribution in [2.45, 2.75) is 26.8 Å². The van der Waals surface area contributed by atoms with Crippen molar-refractivity contribution in [3.8, 4) is 0 Å². The fourth-order valence-corrected chi connectivity index (χ4v) is 2.66. The Balaban J connectivity index is 2.42. The lowest BCUT2D eigenvalue weighted by molar-refractivity contribution is -0.140. The van der Waals surface area contributed by atoms with Crippen molar-refractivity contribution in [1.82, 2.24) is 10.2 Å². The summed E-state index contributed by atoms with van der Waals surface area (Å²) in [5, 5.41) is 3.77. The zero-order valence-electron chi connectivity index (χ0n) is 13.9. The molecule has 2 rings (SSSR count). The van der Waals surface area contributed by atoms with E-state index in [0.717, 1.165) is 11.3 Å². The van der Waals surface area contributed by atoms with Gasteiger partial charge in [-0.2, -0.15) is 0 Å². The number of allylic oxidation sites excluding steroid dienone is 1. The second-order valence-corrected chi connectivity index (χ2v) is 6.49. The Morgan fingerprint density at radius 2 is 2.17 bits per heavy atom. The van der Waals surface area contributed by atoms with Crippen LogP contribution in [-0.4, -0.2) is 29.6 Å². The molecule has 0 fully saturated rings. The number of carbonyl (C=O) groups excluding carboxylic acids is 1. The van der Waals surface area contributed by atoms with E-state index in [-0.39, 0.29) is 17.9 Å². The number of hydrogen-bond acceptors (Lipinski definition) is 4. The van der Waals surface area contributed by atoms with Crippen LogP contribution in [0, 0.1) is 5.92 Å². The monoisotopic (exact) mass is 333 g/mol. The lowest BCUT2D eigenvalue weighted by Gasteiger charge is -2.35. The topological polar surface area (TPSA) is 67.6 Å². The van der Waals surface area contributed by atoms with E-state index in [2.05, 4.69) is 5.32 Å². The van der Waals surface area contributed by atoms with Crippen molar-refractivity contribution >= 4 is 29.0 Å². The van der Waals surface area contributed by atoms with Gasteiger partial charge < -0.3 is 20.7 Å². The van der Waals surface area contributed by atoms with Crippen molar-refractivity contribution in [3.05, 3.63) is 41.1 Å². The standard InChI is InChI=1S/C17H23N3O2S/c1-10(2)9-22-16(21)14-11(3)20(4)17(23)19-15(14)12-6-5-7-13(18)8-12/h5-8,10,15H,9,18H2,1-4H3,(H,19,23)/t15-/m0/s1. The molecule has 6 heteroatoms. The number of benzene rings is 1. The predicted octanol–water partition coefficient (Wildman–Crippen LogP) is 2.60. The summed E-state index contributed by atoms with van der Waals surface area (Å²) >= 11 is 5.36. The molecule has 1 aliphatic rings. The molecule has 1 heterocycles. The minimum Gasteiger partial charge on any atom is -0.462 e. The Labute approximate surface area is 142 Å². The fourth-order valence-electron chi connectivity index (χ4n) is 2.41. The number of thiocarbonyl (C=S) groups is 1. The van der Waals surface area contributed by atoms with E-state index in [0.29, 0.717) is 23.0 Å². The number of nitrogens with two attached hydrogens (primary N) is 1. The Morgan fingerprint density at radius 3 is 2.78 bits per heavy atom. The number of nitrogens with one attached hydrogen (secondary N) is 1. The molecule has 23 heavy (non-hydrogen) atoms. The molecule has 0 amide bonds. The van der Waals surface area contributed by atoms with Crippen molar-refractivity contribution < 1.29 is 9.53 Å². The summed E-state index contributed by atoms with van der Waals surface area (Å²) in [5.41, 5.74) is 8.75. The number of nitrogens with zero attached hydrogens (tertiary/aromatic N) is 1. The summed E-state index contributed by atoms with van der Waals surface area (Å²) in [4.78, 5) is 14.4. The first-order valence-corrected chi connectivity index (χ1v) is 7.99. The van der Waals surface area contributed by atoms with Crippen molar-refractivity contribution in [2.24, 2.45) is 5.92 Å². The molecule has 124 valence electrons. The largest absolute Gasteiger partial charge is 0.462 e. The first-order chi connectivity index (χ1) is 10.8. The number of nitrogen functional groups attached to an aromatic ring is 1. The third kappa shape index (κ3) is 3.82. The third-order valence-electron chi connectivity index (χ3n) is 3.77. The van der Waals surface area contributed by atoms with Gasteiger partial charge in [0.25, 0.3) is 0 Å². The van der Waals surface area contributed by atoms with Crippen LogP contribution in [0.5, 0.6) is 0 Å². The number of anilines is 1. The van der Waals surface area contributed by atoms with Gasteiger partial charge in [0.1, 0.15) is 0 Å². The molecule has 3 N–H and O–H groups in total. The third-order valence-corrected chi connectivity index (χ3v) is 4.16. The van der Waals surface area contributed by atoms with Gasteiger partial charge in [0.15, 0.2) is 5.11 Å². The summed E-state index contributed by atoms with van der Waals surface area (Å²) in [6.45, 7) is 6.26. The summed E-state index contributed by atoms with van der Waals surface area (Å²) in [5.74, 6) is -0.0495. The van der Waals surface area contributed by atoms with Crippen LogP contribution in [0.1, 0.15) is 32.4 Å². The van der Waals surface area contributed by atoms with Gasteiger partial charge in [0, 0.05) is 18.4 Å². The van der Waals surface area contributed by atoms with Crippen LogP contribution in [0.4, 0.5) is 5.69 Å². The second kappa shape index (κ2) is 7.00. The van der Waals surface area contributed by atoms with Crippen LogP contribution in [0.2, 0.25) is 0 Å². The Morgan fingerprint density at radius 1 is 1.48 bits per heavy atom. The maximum Gasteiger partial charge on any atom is 0.338 e. The van der Waals surface area contributed by atoms with Crippen LogP contribution in [0.15, 0.2) is 35.5 Å². The number of ether oxygens (including phenoxy) is 1. The first kappa shape index (κ1) is 17.3. The van der Waals surface area contributed by atoms with Gasteiger partial charge in [-0.05, 0) is 42.8 Å². The predicted molar refractivity (Wildman–Crippen MR) is 95.6 cm³/mol. The van der Waals surface area contributed by atoms with E-state index in [1.165, 1.54) is 0 Å². The van der Waals surface area contributed by atoms with Crippen LogP contribution in [0.25, 0.3) is 0 Å². The molecule has 0 radical (unpaired) electrons. The molecule has 5 nitrogen and oxygen atoms in total. The van der Waals surface area contributed by atoms with E-state index in [4.69, 9.17) is 22.7 Å². The van der Waals surface area contributed by atoms with Gasteiger partial charge in [0.05, 0.1) is 18.2 Å². The first-order valence-electron chi connectivity index (χ1n) is 7.58. The summed E-state index contributed by atoms with van der Waals surface area (Å²) in [6, 6.07) is 7.07. The van der Waals surface area contributed by atoms with Gasteiger partial charge in [-0.1, -0.05) is 26.0 Å². The molecule has 0 aromatic heterocycles. The number of esters is 1. The molecule has 1 atom stereocenters. The van der Waals surface area contributed by atoms with Gasteiger partial charge in [-0.3, -0.25) is 0 Å². The van der Waals surface area contributed by atoms with E-state index in [1.807, 2.05) is 52.1 Å². The molecular formula is C17H23N3O2S. The molecule has 0 aliphatic carbocycles. The summed E-state index contributed by atoms with van der Waals surface area (Å²) < 4.78 is 5.44. The van der Waals surface area contributed by atoms with Crippen LogP contribution < -0.4 is 11.1 Å². The normalized spacial score (nSPS) is 18.2. The SMILES string of the molecule is CC1=C(C(=O)OCC(C)C)[C@H](c2cccc(N)c2)NC(=S)N1C. The molecule has 0 spiro atoms. The fraction of sp³-hybridized carbons (Fsp3) is 0.412. The minimum absolute atomic E-state index is 0.279. The zero-order chi connectivity index (χ0) is 17.1. The summed E-state index contributed by atoms with van der Waals surface area (Å²) in [6.07, 6.45) is 0. The van der Waals surface area contributed by atoms with Crippen molar-refractivity contribution in [2.75, 3.05) is 19.4 Å². The highest BCUT2D eigenvalue weighted by Crippen LogP contribution is 2.31. The molecular weight excluding hydrogens is 310 g/mol. The van der Waals surface area contributed by atoms with Gasteiger partial charge in [0.2, 0.25) is 0 Å². The number of carbonyl (C=O) groups is 1. The molecule has 1 aromatic rings. The van der Waals surface area contributed by atoms with E-state index < -0.39 is 0 Å². The molecule has 0 saturated heterocycles. The number of hydrogen-bond donors (Lipinski definition) is 2. The quantitative estimate of drug-likeness (QED) is 0.501. The molecule has 1 aromatic carbocycles. The smallest absolute Gasteiger partial charge is 0.338 e. The zero-order valence-corrected chi connectivity index (χ0v) is 14.7. The maximum absolute atomic E-state index is 12.6. The van der Waals surface area contributed by atoms with Crippen LogP contribution >= 0.6 is 12.2 Å². The highest BCUT2D eigenvalue weighted by molar-refractivity contribution is 7.80. The molecule has 1 aliphatic heterocycles. The van der Waals surface area contributed by atoms with Gasteiger partial charge in [-0.15, -0.1) is 0 Å². The molecule has 0 bridgehead atoms. The van der Waals surface area contributed by atoms with Gasteiger partial charge >= 0.3 is 5.97 Å². The van der Waals surface area contributed by atoms with Gasteiger partial charge in [-0.25, -0.2) is 4.79 Å². The minimum atomic E-state index is -0.359. The Kier molecular flexibility index (Phi) is 5.26. The lowest BCUT2D eigenvalue weighted by Crippen LogP contribution is -2.46. The van der Waals surface area contributed by atoms with Crippen LogP contribution in [0.3, 0.4) is 0 Å². The highest BCUT2D eigenvalue weighted by atomic mass is 32.1. The number of rotatable bonds is 4. The maximum atomic E-state index is 12.6. The van der Waals surface area contributed by atoms with E-state index in [9.17, 15) is 4.79 Å². The average Bonchev–Trinajstić information content (AvgIpc) is 2.50. The Bertz CT molecular complexity index is 655. The van der Waals surface area contributed by atoms with E-state index >= 15 is 0 Å². The molecule has 0 saturated carbocycles. The van der Waals surface area contributed by atoms with Crippen molar-refractivity contribution in [3.63, 3.8) is 0 Å². The summed E-state index contributed by atoms with van der Waals surface area (Å²) in [7, 11) is 1.83. The second-order valence-electron chi connectivity index (χ2n) is 6.10. The average molecular weight is 333 g/mol. The van der Waals surface area contributed by atoms with Crippen LogP contribution in [-0.2, 0) is 9.53 Å². The lowest BCUT2D eigenvalue weighted by atomic mass is 9.95. The van der Waals surface area contributed by atoms with Crippen molar-refractivity contribution in [1.29, 1.82) is 0 Å². The highest BCUT2D eigenvalue weighted by Gasteiger charge is 2.33. The molecule has 0 unspecified atom stereocenters.